The molecule has 256 valence electrons. The number of hydrogen-bond donors (Lipinski definition) is 0. The van der Waals surface area contributed by atoms with Crippen molar-refractivity contribution < 1.29 is 38.1 Å². The van der Waals surface area contributed by atoms with Crippen LogP contribution < -0.4 is 4.74 Å². The maximum atomic E-state index is 10.6. The van der Waals surface area contributed by atoms with Crippen molar-refractivity contribution in [2.45, 2.75) is 96.8 Å². The summed E-state index contributed by atoms with van der Waals surface area (Å²) in [7, 11) is 0. The highest BCUT2D eigenvalue weighted by atomic mass is 16.6. The van der Waals surface area contributed by atoms with Crippen LogP contribution in [0.5, 0.6) is 5.75 Å². The molecule has 0 spiro atoms. The first-order chi connectivity index (χ1) is 21.7. The average molecular weight is 628 g/mol. The molecule has 0 aliphatic rings. The lowest BCUT2D eigenvalue weighted by molar-refractivity contribution is -0.384. The monoisotopic (exact) mass is 627 g/mol. The Labute approximate surface area is 266 Å². The highest BCUT2D eigenvalue weighted by Crippen LogP contribution is 2.17. The third-order valence-electron chi connectivity index (χ3n) is 7.05. The predicted octanol–water partition coefficient (Wildman–Crippen LogP) is 7.55. The number of nitrogens with zero attached hydrogens (tertiary/aromatic N) is 1. The van der Waals surface area contributed by atoms with Crippen LogP contribution in [-0.2, 0) is 28.4 Å². The summed E-state index contributed by atoms with van der Waals surface area (Å²) in [6.45, 7) is 9.18. The van der Waals surface area contributed by atoms with Gasteiger partial charge in [-0.05, 0) is 18.6 Å². The lowest BCUT2D eigenvalue weighted by atomic mass is 10.0. The molecule has 0 aliphatic carbocycles. The lowest BCUT2D eigenvalue weighted by Gasteiger charge is -2.09. The van der Waals surface area contributed by atoms with Gasteiger partial charge in [-0.2, -0.15) is 0 Å². The average Bonchev–Trinajstić information content (AvgIpc) is 3.03. The molecule has 1 aromatic carbocycles. The summed E-state index contributed by atoms with van der Waals surface area (Å²) in [6.07, 6.45) is 19.2. The van der Waals surface area contributed by atoms with Crippen molar-refractivity contribution in [2.24, 2.45) is 0 Å². The first-order valence-corrected chi connectivity index (χ1v) is 17.1. The quantitative estimate of drug-likeness (QED) is 0.0428. The Morgan fingerprint density at radius 3 is 1.14 bits per heavy atom. The third-order valence-corrected chi connectivity index (χ3v) is 7.05. The minimum absolute atomic E-state index is 0.0361. The molecule has 0 aromatic heterocycles. The Balaban J connectivity index is 1.65. The molecule has 0 aliphatic heterocycles. The van der Waals surface area contributed by atoms with E-state index in [4.69, 9.17) is 33.2 Å². The number of unbranched alkanes of at least 4 members (excludes halogenated alkanes) is 13. The van der Waals surface area contributed by atoms with Crippen LogP contribution in [0.15, 0.2) is 24.3 Å². The molecule has 10 heteroatoms. The lowest BCUT2D eigenvalue weighted by Crippen LogP contribution is -2.14. The molecule has 0 fully saturated rings. The van der Waals surface area contributed by atoms with Crippen LogP contribution in [0.1, 0.15) is 96.8 Å². The number of ether oxygens (including phenoxy) is 7. The van der Waals surface area contributed by atoms with E-state index in [1.807, 2.05) is 0 Å². The van der Waals surface area contributed by atoms with Crippen molar-refractivity contribution in [3.05, 3.63) is 34.4 Å². The van der Waals surface area contributed by atoms with Gasteiger partial charge in [0.1, 0.15) is 12.4 Å². The van der Waals surface area contributed by atoms with Gasteiger partial charge in [0, 0.05) is 18.7 Å². The van der Waals surface area contributed by atoms with Crippen LogP contribution in [0.3, 0.4) is 0 Å². The first kappa shape index (κ1) is 40.2. The van der Waals surface area contributed by atoms with Gasteiger partial charge < -0.3 is 33.2 Å². The topological polar surface area (TPSA) is 108 Å². The number of hydrogen-bond acceptors (Lipinski definition) is 9. The molecular formula is C34H61NO9. The van der Waals surface area contributed by atoms with Crippen LogP contribution in [0, 0.1) is 10.1 Å². The van der Waals surface area contributed by atoms with E-state index in [-0.39, 0.29) is 5.69 Å². The molecule has 10 nitrogen and oxygen atoms in total. The van der Waals surface area contributed by atoms with Gasteiger partial charge in [0.15, 0.2) is 0 Å². The second-order valence-corrected chi connectivity index (χ2v) is 10.9. The van der Waals surface area contributed by atoms with Crippen LogP contribution in [0.4, 0.5) is 5.69 Å². The molecule has 1 aromatic rings. The van der Waals surface area contributed by atoms with Gasteiger partial charge in [0.2, 0.25) is 0 Å². The maximum absolute atomic E-state index is 10.6. The van der Waals surface area contributed by atoms with Gasteiger partial charge in [0.05, 0.1) is 77.6 Å². The second-order valence-electron chi connectivity index (χ2n) is 10.9. The van der Waals surface area contributed by atoms with Crippen molar-refractivity contribution in [3.8, 4) is 5.75 Å². The molecule has 0 heterocycles. The molecular weight excluding hydrogens is 566 g/mol. The van der Waals surface area contributed by atoms with E-state index in [1.165, 1.54) is 95.6 Å². The number of non-ortho nitro benzene ring substituents is 1. The van der Waals surface area contributed by atoms with E-state index in [1.54, 1.807) is 12.1 Å². The zero-order valence-electron chi connectivity index (χ0n) is 27.5. The van der Waals surface area contributed by atoms with Crippen LogP contribution >= 0.6 is 0 Å². The molecule has 1 rings (SSSR count). The van der Waals surface area contributed by atoms with Crippen LogP contribution in [0.2, 0.25) is 0 Å². The summed E-state index contributed by atoms with van der Waals surface area (Å²) in [5, 5.41) is 10.6. The van der Waals surface area contributed by atoms with Crippen molar-refractivity contribution >= 4 is 5.69 Å². The molecule has 0 radical (unpaired) electrons. The standard InChI is InChI=1S/C34H61NO9/c1-2-3-4-5-6-7-8-9-10-11-12-13-14-15-20-38-21-22-39-23-24-40-25-26-41-27-28-42-29-30-43-31-32-44-34-18-16-33(17-19-34)35(36)37/h16-19H,2-15,20-32H2,1H3. The Morgan fingerprint density at radius 2 is 0.773 bits per heavy atom. The van der Waals surface area contributed by atoms with Crippen molar-refractivity contribution in [1.29, 1.82) is 0 Å². The molecule has 0 saturated carbocycles. The van der Waals surface area contributed by atoms with E-state index in [0.29, 0.717) is 85.0 Å². The minimum atomic E-state index is -0.443. The Kier molecular flexibility index (Phi) is 29.8. The number of nitro benzene ring substituents is 1. The zero-order valence-corrected chi connectivity index (χ0v) is 27.5. The SMILES string of the molecule is CCCCCCCCCCCCCCCCOCCOCCOCCOCCOCCOCCOc1ccc([N+](=O)[O-])cc1. The smallest absolute Gasteiger partial charge is 0.269 e. The zero-order chi connectivity index (χ0) is 31.6. The van der Waals surface area contributed by atoms with Gasteiger partial charge in [-0.15, -0.1) is 0 Å². The maximum Gasteiger partial charge on any atom is 0.269 e. The summed E-state index contributed by atoms with van der Waals surface area (Å²) in [6, 6.07) is 5.95. The largest absolute Gasteiger partial charge is 0.491 e. The summed E-state index contributed by atoms with van der Waals surface area (Å²) in [5.74, 6) is 0.569. The van der Waals surface area contributed by atoms with Gasteiger partial charge in [-0.1, -0.05) is 90.4 Å². The second kappa shape index (κ2) is 32.6. The van der Waals surface area contributed by atoms with Crippen molar-refractivity contribution in [3.63, 3.8) is 0 Å². The Morgan fingerprint density at radius 1 is 0.455 bits per heavy atom. The normalized spacial score (nSPS) is 11.3. The molecule has 0 unspecified atom stereocenters. The van der Waals surface area contributed by atoms with Crippen LogP contribution in [0.25, 0.3) is 0 Å². The van der Waals surface area contributed by atoms with Crippen molar-refractivity contribution in [1.82, 2.24) is 0 Å². The number of benzene rings is 1. The fraction of sp³-hybridized carbons (Fsp3) is 0.824. The third kappa shape index (κ3) is 27.7. The van der Waals surface area contributed by atoms with Gasteiger partial charge in [-0.25, -0.2) is 0 Å². The number of nitro groups is 1. The summed E-state index contributed by atoms with van der Waals surface area (Å²) < 4.78 is 38.6. The van der Waals surface area contributed by atoms with Gasteiger partial charge in [-0.3, -0.25) is 10.1 Å². The van der Waals surface area contributed by atoms with E-state index in [2.05, 4.69) is 6.92 Å². The molecule has 0 atom stereocenters. The Bertz CT molecular complexity index is 736. The molecule has 0 amide bonds. The molecule has 0 bridgehead atoms. The fourth-order valence-corrected chi connectivity index (χ4v) is 4.48. The number of rotatable bonds is 35. The van der Waals surface area contributed by atoms with Gasteiger partial charge >= 0.3 is 0 Å². The summed E-state index contributed by atoms with van der Waals surface area (Å²) in [5.41, 5.74) is 0.0361. The van der Waals surface area contributed by atoms with Gasteiger partial charge in [0.25, 0.3) is 5.69 Å². The highest BCUT2D eigenvalue weighted by Gasteiger charge is 2.04. The summed E-state index contributed by atoms with van der Waals surface area (Å²) in [4.78, 5) is 10.2. The Hall–Kier alpha value is -1.82. The summed E-state index contributed by atoms with van der Waals surface area (Å²) >= 11 is 0. The highest BCUT2D eigenvalue weighted by molar-refractivity contribution is 5.35. The van der Waals surface area contributed by atoms with E-state index >= 15 is 0 Å². The molecule has 0 saturated heterocycles. The van der Waals surface area contributed by atoms with Crippen molar-refractivity contribution in [2.75, 3.05) is 85.9 Å². The van der Waals surface area contributed by atoms with Crippen LogP contribution in [-0.4, -0.2) is 90.8 Å². The van der Waals surface area contributed by atoms with E-state index < -0.39 is 4.92 Å². The van der Waals surface area contributed by atoms with E-state index in [9.17, 15) is 10.1 Å². The predicted molar refractivity (Wildman–Crippen MR) is 174 cm³/mol. The molecule has 44 heavy (non-hydrogen) atoms. The van der Waals surface area contributed by atoms with E-state index in [0.717, 1.165) is 13.0 Å². The fourth-order valence-electron chi connectivity index (χ4n) is 4.48. The first-order valence-electron chi connectivity index (χ1n) is 17.1. The molecule has 0 N–H and O–H groups in total. The minimum Gasteiger partial charge on any atom is -0.491 e.